The number of pyridine rings is 1. The number of amides is 1. The van der Waals surface area contributed by atoms with E-state index in [1.54, 1.807) is 6.92 Å². The van der Waals surface area contributed by atoms with Gasteiger partial charge in [0.05, 0.1) is 36.0 Å². The molecule has 0 saturated carbocycles. The number of nitrogens with zero attached hydrogens (tertiary/aromatic N) is 1. The highest BCUT2D eigenvalue weighted by molar-refractivity contribution is 6.30. The highest BCUT2D eigenvalue weighted by Crippen LogP contribution is 2.36. The standard InChI is InChI=1S/C19H15ClN2O6/c1-9-12-4-15(27-2)17(25)14(8-23)18(12)28-19(26)13(9)5-16(24)22-11-3-10(20)6-21-7-11/h3-4,6-8,25H,5H2,1-2H3,(H,22,24). The van der Waals surface area contributed by atoms with Crippen LogP contribution < -0.4 is 15.7 Å². The molecule has 2 aromatic heterocycles. The van der Waals surface area contributed by atoms with Crippen molar-refractivity contribution in [3.05, 3.63) is 56.7 Å². The fraction of sp³-hybridized carbons (Fsp3) is 0.158. The fourth-order valence-corrected chi connectivity index (χ4v) is 3.00. The SMILES string of the molecule is COc1cc2c(C)c(CC(=O)Nc3cncc(Cl)c3)c(=O)oc2c(C=O)c1O. The van der Waals surface area contributed by atoms with Gasteiger partial charge in [-0.05, 0) is 24.6 Å². The van der Waals surface area contributed by atoms with Crippen LogP contribution in [-0.2, 0) is 11.2 Å². The van der Waals surface area contributed by atoms with Crippen molar-refractivity contribution in [2.75, 3.05) is 12.4 Å². The molecule has 144 valence electrons. The van der Waals surface area contributed by atoms with Crippen molar-refractivity contribution in [3.8, 4) is 11.5 Å². The smallest absolute Gasteiger partial charge is 0.340 e. The normalized spacial score (nSPS) is 10.7. The quantitative estimate of drug-likeness (QED) is 0.497. The summed E-state index contributed by atoms with van der Waals surface area (Å²) < 4.78 is 10.3. The number of phenols is 1. The van der Waals surface area contributed by atoms with Gasteiger partial charge in [0.1, 0.15) is 5.56 Å². The molecule has 1 amide bonds. The summed E-state index contributed by atoms with van der Waals surface area (Å²) in [6, 6.07) is 2.96. The van der Waals surface area contributed by atoms with Crippen LogP contribution in [0.3, 0.4) is 0 Å². The van der Waals surface area contributed by atoms with E-state index in [0.29, 0.717) is 27.9 Å². The number of ether oxygens (including phenoxy) is 1. The van der Waals surface area contributed by atoms with E-state index >= 15 is 0 Å². The minimum absolute atomic E-state index is 0.0481. The van der Waals surface area contributed by atoms with E-state index in [0.717, 1.165) is 0 Å². The molecule has 3 rings (SSSR count). The Labute approximate surface area is 163 Å². The molecule has 3 aromatic rings. The summed E-state index contributed by atoms with van der Waals surface area (Å²) in [5, 5.41) is 13.4. The summed E-state index contributed by atoms with van der Waals surface area (Å²) in [5.41, 5.74) is -0.113. The van der Waals surface area contributed by atoms with Gasteiger partial charge in [0.2, 0.25) is 5.91 Å². The summed E-state index contributed by atoms with van der Waals surface area (Å²) in [6.45, 7) is 1.62. The van der Waals surface area contributed by atoms with Gasteiger partial charge in [0.15, 0.2) is 23.4 Å². The Morgan fingerprint density at radius 1 is 1.39 bits per heavy atom. The first-order chi connectivity index (χ1) is 13.3. The van der Waals surface area contributed by atoms with Crippen LogP contribution in [0.2, 0.25) is 5.02 Å². The van der Waals surface area contributed by atoms with E-state index in [9.17, 15) is 19.5 Å². The number of anilines is 1. The van der Waals surface area contributed by atoms with Gasteiger partial charge in [-0.25, -0.2) is 4.79 Å². The molecule has 0 radical (unpaired) electrons. The van der Waals surface area contributed by atoms with Crippen LogP contribution in [0.5, 0.6) is 11.5 Å². The molecule has 1 aromatic carbocycles. The Bertz CT molecular complexity index is 1160. The lowest BCUT2D eigenvalue weighted by Crippen LogP contribution is -2.21. The van der Waals surface area contributed by atoms with Crippen molar-refractivity contribution in [2.45, 2.75) is 13.3 Å². The van der Waals surface area contributed by atoms with Crippen LogP contribution in [0.1, 0.15) is 21.5 Å². The predicted octanol–water partition coefficient (Wildman–Crippen LogP) is 2.86. The second-order valence-electron chi connectivity index (χ2n) is 5.95. The molecule has 0 aliphatic heterocycles. The number of nitrogens with one attached hydrogen (secondary N) is 1. The highest BCUT2D eigenvalue weighted by Gasteiger charge is 2.21. The van der Waals surface area contributed by atoms with Gasteiger partial charge >= 0.3 is 5.63 Å². The van der Waals surface area contributed by atoms with Crippen molar-refractivity contribution in [1.29, 1.82) is 0 Å². The first-order valence-corrected chi connectivity index (χ1v) is 8.45. The van der Waals surface area contributed by atoms with E-state index in [-0.39, 0.29) is 28.9 Å². The van der Waals surface area contributed by atoms with Crippen molar-refractivity contribution in [3.63, 3.8) is 0 Å². The maximum atomic E-state index is 12.4. The topological polar surface area (TPSA) is 119 Å². The van der Waals surface area contributed by atoms with Crippen LogP contribution in [-0.4, -0.2) is 29.4 Å². The molecule has 8 nitrogen and oxygen atoms in total. The average molecular weight is 403 g/mol. The third kappa shape index (κ3) is 3.54. The Kier molecular flexibility index (Phi) is 5.32. The van der Waals surface area contributed by atoms with Crippen LogP contribution in [0.4, 0.5) is 5.69 Å². The molecule has 0 aliphatic carbocycles. The lowest BCUT2D eigenvalue weighted by molar-refractivity contribution is -0.115. The van der Waals surface area contributed by atoms with Crippen molar-refractivity contribution >= 4 is 40.5 Å². The third-order valence-corrected chi connectivity index (χ3v) is 4.42. The van der Waals surface area contributed by atoms with E-state index in [1.165, 1.54) is 31.6 Å². The number of benzene rings is 1. The van der Waals surface area contributed by atoms with Crippen LogP contribution in [0.15, 0.2) is 33.7 Å². The zero-order valence-corrected chi connectivity index (χ0v) is 15.7. The van der Waals surface area contributed by atoms with E-state index in [2.05, 4.69) is 10.3 Å². The number of halogens is 1. The molecule has 2 N–H and O–H groups in total. The highest BCUT2D eigenvalue weighted by atomic mass is 35.5. The molecular formula is C19H15ClN2O6. The van der Waals surface area contributed by atoms with Crippen LogP contribution >= 0.6 is 11.6 Å². The maximum Gasteiger partial charge on any atom is 0.340 e. The lowest BCUT2D eigenvalue weighted by Gasteiger charge is -2.12. The molecule has 0 unspecified atom stereocenters. The number of aryl methyl sites for hydroxylation is 1. The second-order valence-corrected chi connectivity index (χ2v) is 6.38. The maximum absolute atomic E-state index is 12.4. The summed E-state index contributed by atoms with van der Waals surface area (Å²) in [7, 11) is 1.33. The second kappa shape index (κ2) is 7.69. The number of hydrogen-bond acceptors (Lipinski definition) is 7. The molecule has 0 saturated heterocycles. The first-order valence-electron chi connectivity index (χ1n) is 8.07. The Morgan fingerprint density at radius 2 is 2.14 bits per heavy atom. The molecule has 0 spiro atoms. The first kappa shape index (κ1) is 19.4. The number of phenolic OH excluding ortho intramolecular Hbond substituents is 1. The zero-order chi connectivity index (χ0) is 20.4. The molecular weight excluding hydrogens is 388 g/mol. The van der Waals surface area contributed by atoms with Gasteiger partial charge in [-0.3, -0.25) is 14.6 Å². The molecule has 9 heteroatoms. The molecule has 2 heterocycles. The largest absolute Gasteiger partial charge is 0.504 e. The van der Waals surface area contributed by atoms with Gasteiger partial charge in [0, 0.05) is 11.6 Å². The molecule has 0 bridgehead atoms. The monoisotopic (exact) mass is 402 g/mol. The number of aromatic hydroxyl groups is 1. The summed E-state index contributed by atoms with van der Waals surface area (Å²) in [4.78, 5) is 40.0. The Hall–Kier alpha value is -3.39. The minimum atomic E-state index is -0.781. The summed E-state index contributed by atoms with van der Waals surface area (Å²) in [5.74, 6) is -0.848. The number of carbonyl (C=O) groups excluding carboxylic acids is 2. The number of hydrogen-bond donors (Lipinski definition) is 2. The van der Waals surface area contributed by atoms with Crippen LogP contribution in [0.25, 0.3) is 11.0 Å². The van der Waals surface area contributed by atoms with Gasteiger partial charge in [-0.1, -0.05) is 11.6 Å². The van der Waals surface area contributed by atoms with E-state index in [1.807, 2.05) is 0 Å². The van der Waals surface area contributed by atoms with Crippen molar-refractivity contribution in [2.24, 2.45) is 0 Å². The predicted molar refractivity (Wildman–Crippen MR) is 102 cm³/mol. The molecule has 0 atom stereocenters. The molecule has 0 aliphatic rings. The number of fused-ring (bicyclic) bond motifs is 1. The van der Waals surface area contributed by atoms with Crippen LogP contribution in [0, 0.1) is 6.92 Å². The Balaban J connectivity index is 2.04. The third-order valence-electron chi connectivity index (χ3n) is 4.21. The van der Waals surface area contributed by atoms with Crippen molar-refractivity contribution < 1.29 is 23.8 Å². The van der Waals surface area contributed by atoms with E-state index in [4.69, 9.17) is 20.8 Å². The van der Waals surface area contributed by atoms with E-state index < -0.39 is 17.3 Å². The average Bonchev–Trinajstić information content (AvgIpc) is 2.65. The number of aldehydes is 1. The van der Waals surface area contributed by atoms with Crippen molar-refractivity contribution in [1.82, 2.24) is 4.98 Å². The minimum Gasteiger partial charge on any atom is -0.504 e. The molecule has 0 fully saturated rings. The number of rotatable bonds is 5. The number of carbonyl (C=O) groups is 2. The summed E-state index contributed by atoms with van der Waals surface area (Å²) >= 11 is 5.83. The fourth-order valence-electron chi connectivity index (χ4n) is 2.82. The molecule has 28 heavy (non-hydrogen) atoms. The number of methoxy groups -OCH3 is 1. The Morgan fingerprint density at radius 3 is 2.79 bits per heavy atom. The summed E-state index contributed by atoms with van der Waals surface area (Å²) in [6.07, 6.45) is 2.95. The number of aromatic nitrogens is 1. The zero-order valence-electron chi connectivity index (χ0n) is 14.9. The lowest BCUT2D eigenvalue weighted by atomic mass is 10.0. The van der Waals surface area contributed by atoms with Gasteiger partial charge in [-0.2, -0.15) is 0 Å². The van der Waals surface area contributed by atoms with Gasteiger partial charge in [-0.15, -0.1) is 0 Å². The van der Waals surface area contributed by atoms with Gasteiger partial charge < -0.3 is 19.6 Å². The van der Waals surface area contributed by atoms with Gasteiger partial charge in [0.25, 0.3) is 0 Å².